The lowest BCUT2D eigenvalue weighted by atomic mass is 10.0. The lowest BCUT2D eigenvalue weighted by Gasteiger charge is -2.28. The molecule has 0 rings (SSSR count). The van der Waals surface area contributed by atoms with Crippen LogP contribution in [-0.2, 0) is 14.3 Å². The Kier molecular flexibility index (Phi) is 8.84. The van der Waals surface area contributed by atoms with E-state index in [1.165, 1.54) is 19.2 Å². The van der Waals surface area contributed by atoms with Crippen LogP contribution in [0.5, 0.6) is 0 Å². The number of carbonyl (C=O) groups is 2. The second kappa shape index (κ2) is 9.40. The van der Waals surface area contributed by atoms with Gasteiger partial charge in [0.1, 0.15) is 6.04 Å². The number of halogens is 7. The van der Waals surface area contributed by atoms with Gasteiger partial charge in [-0.25, -0.2) is 4.79 Å². The zero-order valence-electron chi connectivity index (χ0n) is 14.6. The Morgan fingerprint density at radius 3 is 1.96 bits per heavy atom. The number of hydrogen-bond acceptors (Lipinski definition) is 3. The fourth-order valence-electron chi connectivity index (χ4n) is 1.88. The third kappa shape index (κ3) is 6.31. The number of alkyl halides is 7. The molecular formula is C15H22F7NO3. The van der Waals surface area contributed by atoms with Crippen molar-refractivity contribution in [2.45, 2.75) is 70.5 Å². The van der Waals surface area contributed by atoms with E-state index in [1.54, 1.807) is 0 Å². The molecule has 1 N–H and O–H groups in total. The summed E-state index contributed by atoms with van der Waals surface area (Å²) < 4.78 is 93.7. The van der Waals surface area contributed by atoms with E-state index in [0.717, 1.165) is 6.42 Å². The molecule has 11 heteroatoms. The van der Waals surface area contributed by atoms with Gasteiger partial charge < -0.3 is 10.1 Å². The molecule has 154 valence electrons. The maximum absolute atomic E-state index is 13.4. The Hall–Kier alpha value is -1.55. The largest absolute Gasteiger partial charge is 0.464 e. The van der Waals surface area contributed by atoms with Crippen LogP contribution in [0.15, 0.2) is 0 Å². The molecule has 4 nitrogen and oxygen atoms in total. The highest BCUT2D eigenvalue weighted by Crippen LogP contribution is 2.46. The molecule has 1 amide bonds. The van der Waals surface area contributed by atoms with Gasteiger partial charge >= 0.3 is 24.0 Å². The van der Waals surface area contributed by atoms with Crippen molar-refractivity contribution in [1.82, 2.24) is 5.32 Å². The molecule has 0 aliphatic carbocycles. The van der Waals surface area contributed by atoms with Gasteiger partial charge in [-0.15, -0.1) is 0 Å². The van der Waals surface area contributed by atoms with E-state index in [2.05, 4.69) is 0 Å². The summed E-state index contributed by atoms with van der Waals surface area (Å²) >= 11 is 0. The minimum absolute atomic E-state index is 0.0910. The summed E-state index contributed by atoms with van der Waals surface area (Å²) in [5, 5.41) is 1.26. The van der Waals surface area contributed by atoms with Crippen LogP contribution in [0.4, 0.5) is 30.7 Å². The monoisotopic (exact) mass is 397 g/mol. The average Bonchev–Trinajstić information content (AvgIpc) is 2.48. The van der Waals surface area contributed by atoms with E-state index in [0.29, 0.717) is 12.8 Å². The van der Waals surface area contributed by atoms with Crippen molar-refractivity contribution >= 4 is 11.9 Å². The van der Waals surface area contributed by atoms with Gasteiger partial charge in [0.2, 0.25) is 0 Å². The molecule has 0 aliphatic heterocycles. The first-order valence-corrected chi connectivity index (χ1v) is 7.98. The molecule has 0 saturated heterocycles. The molecule has 0 radical (unpaired) electrons. The number of esters is 1. The van der Waals surface area contributed by atoms with Crippen LogP contribution in [0, 0.1) is 5.92 Å². The predicted octanol–water partition coefficient (Wildman–Crippen LogP) is 4.08. The third-order valence-corrected chi connectivity index (χ3v) is 3.32. The number of amides is 1. The molecular weight excluding hydrogens is 375 g/mol. The summed E-state index contributed by atoms with van der Waals surface area (Å²) in [6.07, 6.45) is -4.96. The fourth-order valence-corrected chi connectivity index (χ4v) is 1.88. The molecule has 0 aromatic heterocycles. The van der Waals surface area contributed by atoms with Crippen LogP contribution in [0.2, 0.25) is 0 Å². The Bertz CT molecular complexity index is 478. The van der Waals surface area contributed by atoms with Crippen molar-refractivity contribution in [2.24, 2.45) is 5.92 Å². The molecule has 0 aromatic carbocycles. The third-order valence-electron chi connectivity index (χ3n) is 3.32. The molecule has 0 spiro atoms. The van der Waals surface area contributed by atoms with E-state index in [-0.39, 0.29) is 18.9 Å². The lowest BCUT2D eigenvalue weighted by molar-refractivity contribution is -0.344. The van der Waals surface area contributed by atoms with Crippen molar-refractivity contribution < 1.29 is 45.1 Å². The van der Waals surface area contributed by atoms with Crippen LogP contribution in [0.25, 0.3) is 0 Å². The van der Waals surface area contributed by atoms with Gasteiger partial charge in [-0.05, 0) is 18.8 Å². The summed E-state index contributed by atoms with van der Waals surface area (Å²) in [6.45, 7) is 4.84. The van der Waals surface area contributed by atoms with Crippen molar-refractivity contribution in [2.75, 3.05) is 6.61 Å². The minimum atomic E-state index is -6.64. The van der Waals surface area contributed by atoms with Gasteiger partial charge in [-0.1, -0.05) is 33.6 Å². The van der Waals surface area contributed by atoms with E-state index >= 15 is 0 Å². The Morgan fingerprint density at radius 1 is 1.00 bits per heavy atom. The Morgan fingerprint density at radius 2 is 1.54 bits per heavy atom. The highest BCUT2D eigenvalue weighted by Gasteiger charge is 2.76. The average molecular weight is 397 g/mol. The zero-order valence-corrected chi connectivity index (χ0v) is 14.6. The summed E-state index contributed by atoms with van der Waals surface area (Å²) in [5.74, 6) is -17.1. The number of hydrogen-bond donors (Lipinski definition) is 1. The summed E-state index contributed by atoms with van der Waals surface area (Å²) in [6, 6.07) is -1.76. The molecule has 0 saturated carbocycles. The van der Waals surface area contributed by atoms with Crippen LogP contribution in [0.1, 0.15) is 46.5 Å². The minimum Gasteiger partial charge on any atom is -0.464 e. The molecule has 0 aromatic rings. The van der Waals surface area contributed by atoms with Crippen molar-refractivity contribution in [3.05, 3.63) is 0 Å². The van der Waals surface area contributed by atoms with Gasteiger partial charge in [0.05, 0.1) is 6.61 Å². The molecule has 0 aliphatic rings. The Balaban J connectivity index is 5.20. The van der Waals surface area contributed by atoms with Crippen molar-refractivity contribution in [3.63, 3.8) is 0 Å². The number of rotatable bonds is 10. The van der Waals surface area contributed by atoms with E-state index in [1.807, 2.05) is 6.92 Å². The lowest BCUT2D eigenvalue weighted by Crippen LogP contribution is -2.61. The second-order valence-corrected chi connectivity index (χ2v) is 6.18. The fraction of sp³-hybridized carbons (Fsp3) is 0.867. The Labute approximate surface area is 146 Å². The summed E-state index contributed by atoms with van der Waals surface area (Å²) in [7, 11) is 0. The molecule has 1 atom stereocenters. The highest BCUT2D eigenvalue weighted by molar-refractivity contribution is 5.89. The van der Waals surface area contributed by atoms with Crippen LogP contribution in [-0.4, -0.2) is 42.5 Å². The number of carbonyl (C=O) groups excluding carboxylic acids is 2. The van der Waals surface area contributed by atoms with E-state index in [9.17, 15) is 40.3 Å². The SMILES string of the molecule is CCCCCOC(=O)C(CC(C)C)NC(=O)C(F)(F)C(F)(F)C(F)(F)F. The number of ether oxygens (including phenoxy) is 1. The van der Waals surface area contributed by atoms with Gasteiger partial charge in [-0.3, -0.25) is 4.79 Å². The first-order chi connectivity index (χ1) is 11.7. The molecule has 0 fully saturated rings. The number of unbranched alkanes of at least 4 members (excludes halogenated alkanes) is 2. The van der Waals surface area contributed by atoms with Crippen LogP contribution in [0.3, 0.4) is 0 Å². The first-order valence-electron chi connectivity index (χ1n) is 7.98. The normalized spacial score (nSPS) is 14.3. The molecule has 26 heavy (non-hydrogen) atoms. The quantitative estimate of drug-likeness (QED) is 0.343. The van der Waals surface area contributed by atoms with Crippen molar-refractivity contribution in [1.29, 1.82) is 0 Å². The maximum atomic E-state index is 13.4. The summed E-state index contributed by atoms with van der Waals surface area (Å²) in [5.41, 5.74) is 0. The standard InChI is InChI=1S/C15H22F7NO3/c1-4-5-6-7-26-11(24)10(8-9(2)3)23-12(25)13(16,17)14(18,19)15(20,21)22/h9-10H,4-8H2,1-3H3,(H,23,25). The first kappa shape index (κ1) is 24.5. The second-order valence-electron chi connectivity index (χ2n) is 6.18. The van der Waals surface area contributed by atoms with Gasteiger partial charge in [0, 0.05) is 0 Å². The number of nitrogens with one attached hydrogen (secondary N) is 1. The molecule has 0 heterocycles. The highest BCUT2D eigenvalue weighted by atomic mass is 19.4. The van der Waals surface area contributed by atoms with Gasteiger partial charge in [0.25, 0.3) is 5.91 Å². The van der Waals surface area contributed by atoms with Gasteiger partial charge in [-0.2, -0.15) is 30.7 Å². The van der Waals surface area contributed by atoms with Gasteiger partial charge in [0.15, 0.2) is 0 Å². The molecule has 1 unspecified atom stereocenters. The summed E-state index contributed by atoms with van der Waals surface area (Å²) in [4.78, 5) is 23.2. The maximum Gasteiger partial charge on any atom is 0.460 e. The van der Waals surface area contributed by atoms with Crippen molar-refractivity contribution in [3.8, 4) is 0 Å². The topological polar surface area (TPSA) is 55.4 Å². The van der Waals surface area contributed by atoms with E-state index in [4.69, 9.17) is 4.74 Å². The zero-order chi connectivity index (χ0) is 20.8. The van der Waals surface area contributed by atoms with E-state index < -0.39 is 35.9 Å². The predicted molar refractivity (Wildman–Crippen MR) is 77.8 cm³/mol. The van der Waals surface area contributed by atoms with Crippen LogP contribution < -0.4 is 5.32 Å². The smallest absolute Gasteiger partial charge is 0.460 e. The van der Waals surface area contributed by atoms with Crippen LogP contribution >= 0.6 is 0 Å². The molecule has 0 bridgehead atoms.